The first-order chi connectivity index (χ1) is 5.63. The van der Waals surface area contributed by atoms with E-state index in [1.807, 2.05) is 13.8 Å². The van der Waals surface area contributed by atoms with Gasteiger partial charge in [-0.25, -0.2) is 4.98 Å². The molecule has 0 amide bonds. The van der Waals surface area contributed by atoms with Gasteiger partial charge in [0.1, 0.15) is 0 Å². The normalized spacial score (nSPS) is 10.2. The van der Waals surface area contributed by atoms with E-state index >= 15 is 0 Å². The van der Waals surface area contributed by atoms with Crippen molar-refractivity contribution >= 4 is 17.3 Å². The molecular formula is C8H11NO2S. The smallest absolute Gasteiger partial charge is 0.309 e. The number of carboxylic acid groups (broad SMARTS) is 1. The molecule has 66 valence electrons. The minimum Gasteiger partial charge on any atom is -0.481 e. The fourth-order valence-corrected chi connectivity index (χ4v) is 1.96. The molecule has 0 aromatic carbocycles. The number of aryl methyl sites for hydroxylation is 2. The van der Waals surface area contributed by atoms with Crippen molar-refractivity contribution in [1.82, 2.24) is 4.98 Å². The number of rotatable bonds is 3. The molecule has 0 saturated carbocycles. The fraction of sp³-hybridized carbons (Fsp3) is 0.500. The molecule has 1 aromatic rings. The van der Waals surface area contributed by atoms with E-state index in [4.69, 9.17) is 5.11 Å². The summed E-state index contributed by atoms with van der Waals surface area (Å²) in [5.74, 6) is -0.810. The second-order valence-corrected chi connectivity index (χ2v) is 3.81. The Kier molecular flexibility index (Phi) is 2.81. The van der Waals surface area contributed by atoms with Gasteiger partial charge in [-0.05, 0) is 13.3 Å². The van der Waals surface area contributed by atoms with Gasteiger partial charge >= 0.3 is 5.97 Å². The lowest BCUT2D eigenvalue weighted by molar-refractivity contribution is -0.136. The molecule has 1 heterocycles. The van der Waals surface area contributed by atoms with Crippen molar-refractivity contribution in [1.29, 1.82) is 0 Å². The molecule has 0 radical (unpaired) electrons. The van der Waals surface area contributed by atoms with E-state index in [1.165, 1.54) is 0 Å². The first kappa shape index (κ1) is 9.19. The first-order valence-electron chi connectivity index (χ1n) is 3.80. The SMILES string of the molecule is CCc1sc(C)nc1CC(=O)O. The van der Waals surface area contributed by atoms with Crippen LogP contribution in [0.15, 0.2) is 0 Å². The van der Waals surface area contributed by atoms with Crippen LogP contribution in [0, 0.1) is 6.92 Å². The lowest BCUT2D eigenvalue weighted by Gasteiger charge is -1.93. The van der Waals surface area contributed by atoms with Gasteiger partial charge in [-0.2, -0.15) is 0 Å². The highest BCUT2D eigenvalue weighted by Crippen LogP contribution is 2.18. The minimum absolute atomic E-state index is 0.0491. The number of aromatic nitrogens is 1. The van der Waals surface area contributed by atoms with Crippen LogP contribution >= 0.6 is 11.3 Å². The van der Waals surface area contributed by atoms with Gasteiger partial charge in [0.05, 0.1) is 17.1 Å². The molecular weight excluding hydrogens is 174 g/mol. The number of hydrogen-bond acceptors (Lipinski definition) is 3. The lowest BCUT2D eigenvalue weighted by Crippen LogP contribution is -2.02. The van der Waals surface area contributed by atoms with Crippen LogP contribution in [0.4, 0.5) is 0 Å². The van der Waals surface area contributed by atoms with Gasteiger partial charge in [-0.15, -0.1) is 11.3 Å². The average Bonchev–Trinajstić information content (AvgIpc) is 2.29. The highest BCUT2D eigenvalue weighted by molar-refractivity contribution is 7.11. The number of hydrogen-bond donors (Lipinski definition) is 1. The van der Waals surface area contributed by atoms with Crippen molar-refractivity contribution in [2.75, 3.05) is 0 Å². The number of thiazole rings is 1. The largest absolute Gasteiger partial charge is 0.481 e. The van der Waals surface area contributed by atoms with Gasteiger partial charge in [0, 0.05) is 4.88 Å². The molecule has 0 atom stereocenters. The zero-order valence-electron chi connectivity index (χ0n) is 7.13. The third-order valence-electron chi connectivity index (χ3n) is 1.52. The topological polar surface area (TPSA) is 50.2 Å². The van der Waals surface area contributed by atoms with Crippen LogP contribution in [0.3, 0.4) is 0 Å². The summed E-state index contributed by atoms with van der Waals surface area (Å²) in [5, 5.41) is 9.51. The van der Waals surface area contributed by atoms with Crippen molar-refractivity contribution in [3.63, 3.8) is 0 Å². The predicted molar refractivity (Wildman–Crippen MR) is 47.6 cm³/mol. The summed E-state index contributed by atoms with van der Waals surface area (Å²) in [6.45, 7) is 3.91. The van der Waals surface area contributed by atoms with Gasteiger partial charge in [0.15, 0.2) is 0 Å². The van der Waals surface area contributed by atoms with Gasteiger partial charge in [0.2, 0.25) is 0 Å². The maximum atomic E-state index is 10.4. The van der Waals surface area contributed by atoms with E-state index < -0.39 is 5.97 Å². The second-order valence-electron chi connectivity index (χ2n) is 2.53. The number of aliphatic carboxylic acids is 1. The van der Waals surface area contributed by atoms with Gasteiger partial charge in [0.25, 0.3) is 0 Å². The van der Waals surface area contributed by atoms with Crippen LogP contribution in [-0.4, -0.2) is 16.1 Å². The molecule has 0 saturated heterocycles. The molecule has 4 heteroatoms. The van der Waals surface area contributed by atoms with Crippen LogP contribution in [0.2, 0.25) is 0 Å². The van der Waals surface area contributed by atoms with Crippen molar-refractivity contribution in [2.45, 2.75) is 26.7 Å². The van der Waals surface area contributed by atoms with E-state index in [0.717, 1.165) is 22.0 Å². The standard InChI is InChI=1S/C8H11NO2S/c1-3-7-6(4-8(10)11)9-5(2)12-7/h3-4H2,1-2H3,(H,10,11). The molecule has 0 bridgehead atoms. The molecule has 0 aliphatic heterocycles. The Labute approximate surface area is 75.1 Å². The maximum Gasteiger partial charge on any atom is 0.309 e. The quantitative estimate of drug-likeness (QED) is 0.778. The Hall–Kier alpha value is -0.900. The molecule has 3 nitrogen and oxygen atoms in total. The van der Waals surface area contributed by atoms with Crippen LogP contribution < -0.4 is 0 Å². The highest BCUT2D eigenvalue weighted by atomic mass is 32.1. The predicted octanol–water partition coefficient (Wildman–Crippen LogP) is 1.64. The second kappa shape index (κ2) is 3.67. The molecule has 0 spiro atoms. The molecule has 12 heavy (non-hydrogen) atoms. The van der Waals surface area contributed by atoms with Crippen LogP contribution in [0.5, 0.6) is 0 Å². The van der Waals surface area contributed by atoms with E-state index in [-0.39, 0.29) is 6.42 Å². The monoisotopic (exact) mass is 185 g/mol. The zero-order valence-corrected chi connectivity index (χ0v) is 7.94. The van der Waals surface area contributed by atoms with Crippen LogP contribution in [0.1, 0.15) is 22.5 Å². The summed E-state index contributed by atoms with van der Waals surface area (Å²) in [5.41, 5.74) is 0.729. The Morgan fingerprint density at radius 2 is 2.33 bits per heavy atom. The summed E-state index contributed by atoms with van der Waals surface area (Å²) in [7, 11) is 0. The van der Waals surface area contributed by atoms with Crippen molar-refractivity contribution in [3.05, 3.63) is 15.6 Å². The molecule has 0 fully saturated rings. The van der Waals surface area contributed by atoms with Gasteiger partial charge in [-0.1, -0.05) is 6.92 Å². The van der Waals surface area contributed by atoms with Crippen molar-refractivity contribution in [3.8, 4) is 0 Å². The summed E-state index contributed by atoms with van der Waals surface area (Å²) in [6.07, 6.45) is 0.918. The molecule has 1 N–H and O–H groups in total. The lowest BCUT2D eigenvalue weighted by atomic mass is 10.2. The Bertz CT molecular complexity index is 293. The van der Waals surface area contributed by atoms with E-state index in [2.05, 4.69) is 4.98 Å². The van der Waals surface area contributed by atoms with E-state index in [0.29, 0.717) is 0 Å². The van der Waals surface area contributed by atoms with Gasteiger partial charge in [-0.3, -0.25) is 4.79 Å². The third-order valence-corrected chi connectivity index (χ3v) is 2.68. The van der Waals surface area contributed by atoms with Crippen molar-refractivity contribution < 1.29 is 9.90 Å². The maximum absolute atomic E-state index is 10.4. The number of carboxylic acids is 1. The van der Waals surface area contributed by atoms with Crippen molar-refractivity contribution in [2.24, 2.45) is 0 Å². The molecule has 1 aromatic heterocycles. The Morgan fingerprint density at radius 1 is 1.67 bits per heavy atom. The Morgan fingerprint density at radius 3 is 2.83 bits per heavy atom. The number of carbonyl (C=O) groups is 1. The molecule has 0 aliphatic rings. The van der Waals surface area contributed by atoms with E-state index in [1.54, 1.807) is 11.3 Å². The number of nitrogens with zero attached hydrogens (tertiary/aromatic N) is 1. The minimum atomic E-state index is -0.810. The highest BCUT2D eigenvalue weighted by Gasteiger charge is 2.10. The van der Waals surface area contributed by atoms with Gasteiger partial charge < -0.3 is 5.11 Å². The fourth-order valence-electron chi connectivity index (χ4n) is 1.07. The first-order valence-corrected chi connectivity index (χ1v) is 4.62. The third kappa shape index (κ3) is 2.04. The average molecular weight is 185 g/mol. The molecule has 1 rings (SSSR count). The van der Waals surface area contributed by atoms with E-state index in [9.17, 15) is 4.79 Å². The van der Waals surface area contributed by atoms with Crippen LogP contribution in [-0.2, 0) is 17.6 Å². The summed E-state index contributed by atoms with van der Waals surface area (Å²) in [4.78, 5) is 15.7. The summed E-state index contributed by atoms with van der Waals surface area (Å²) in [6, 6.07) is 0. The molecule has 0 unspecified atom stereocenters. The van der Waals surface area contributed by atoms with Crippen LogP contribution in [0.25, 0.3) is 0 Å². The Balaban J connectivity index is 2.89. The summed E-state index contributed by atoms with van der Waals surface area (Å²) < 4.78 is 0. The molecule has 0 aliphatic carbocycles. The summed E-state index contributed by atoms with van der Waals surface area (Å²) >= 11 is 1.58. The zero-order chi connectivity index (χ0) is 9.14.